The first-order chi connectivity index (χ1) is 17.4. The van der Waals surface area contributed by atoms with Gasteiger partial charge in [-0.1, -0.05) is 37.1 Å². The largest absolute Gasteiger partial charge is 0.508 e. The van der Waals surface area contributed by atoms with Crippen molar-refractivity contribution in [3.8, 4) is 5.75 Å². The van der Waals surface area contributed by atoms with Crippen molar-refractivity contribution >= 4 is 11.9 Å². The zero-order valence-electron chi connectivity index (χ0n) is 20.6. The Morgan fingerprint density at radius 3 is 2.39 bits per heavy atom. The number of halogens is 1. The van der Waals surface area contributed by atoms with Crippen molar-refractivity contribution in [1.82, 2.24) is 25.1 Å². The van der Waals surface area contributed by atoms with Crippen LogP contribution in [-0.2, 0) is 17.8 Å². The van der Waals surface area contributed by atoms with Gasteiger partial charge in [-0.15, -0.1) is 0 Å². The highest BCUT2D eigenvalue weighted by molar-refractivity contribution is 5.83. The number of nitrogens with one attached hydrogen (secondary N) is 1. The molecule has 3 aliphatic rings. The van der Waals surface area contributed by atoms with Gasteiger partial charge in [0.25, 0.3) is 0 Å². The molecule has 8 nitrogen and oxygen atoms in total. The second kappa shape index (κ2) is 10.4. The minimum absolute atomic E-state index is 0.0138. The third kappa shape index (κ3) is 5.17. The summed E-state index contributed by atoms with van der Waals surface area (Å²) in [7, 11) is 1.77. The molecule has 1 aliphatic carbocycles. The van der Waals surface area contributed by atoms with E-state index in [1.165, 1.54) is 25.0 Å². The molecule has 2 atom stereocenters. The lowest BCUT2D eigenvalue weighted by molar-refractivity contribution is -0.181. The van der Waals surface area contributed by atoms with Crippen LogP contribution in [0.5, 0.6) is 5.75 Å². The number of amides is 3. The minimum atomic E-state index is -0.416. The molecule has 36 heavy (non-hydrogen) atoms. The van der Waals surface area contributed by atoms with Gasteiger partial charge in [0.2, 0.25) is 5.91 Å². The number of piperazine rings is 1. The van der Waals surface area contributed by atoms with Crippen LogP contribution in [0.1, 0.15) is 36.8 Å². The summed E-state index contributed by atoms with van der Waals surface area (Å²) < 4.78 is 13.3. The van der Waals surface area contributed by atoms with Crippen LogP contribution in [0.15, 0.2) is 48.5 Å². The topological polar surface area (TPSA) is 79.4 Å². The molecular weight excluding hydrogens is 461 g/mol. The first-order valence-corrected chi connectivity index (χ1v) is 12.7. The summed E-state index contributed by atoms with van der Waals surface area (Å²) in [6, 6.07) is 13.3. The first kappa shape index (κ1) is 24.5. The predicted molar refractivity (Wildman–Crippen MR) is 133 cm³/mol. The van der Waals surface area contributed by atoms with Crippen LogP contribution < -0.4 is 5.32 Å². The molecule has 2 aromatic rings. The van der Waals surface area contributed by atoms with E-state index in [9.17, 15) is 19.1 Å². The number of hydrogen-bond acceptors (Lipinski definition) is 5. The Balaban J connectivity index is 1.39. The number of phenolic OH excluding ortho intramolecular Hbond substituents is 1. The molecule has 0 aromatic heterocycles. The Morgan fingerprint density at radius 2 is 1.69 bits per heavy atom. The van der Waals surface area contributed by atoms with Crippen LogP contribution in [0, 0.1) is 5.82 Å². The second-order valence-corrected chi connectivity index (χ2v) is 10.1. The van der Waals surface area contributed by atoms with E-state index in [1.54, 1.807) is 41.3 Å². The lowest BCUT2D eigenvalue weighted by Gasteiger charge is -2.56. The number of rotatable bonds is 5. The smallest absolute Gasteiger partial charge is 0.334 e. The van der Waals surface area contributed by atoms with E-state index in [2.05, 4.69) is 10.2 Å². The number of aromatic hydroxyl groups is 1. The number of likely N-dealkylation sites (N-methyl/N-ethyl adjacent to an activating group) is 1. The second-order valence-electron chi connectivity index (χ2n) is 10.1. The molecule has 2 aliphatic heterocycles. The number of carbonyl (C=O) groups is 2. The first-order valence-electron chi connectivity index (χ1n) is 12.7. The third-order valence-electron chi connectivity index (χ3n) is 7.67. The number of hydrogen-bond donors (Lipinski definition) is 2. The highest BCUT2D eigenvalue weighted by Crippen LogP contribution is 2.32. The van der Waals surface area contributed by atoms with Crippen LogP contribution in [0.25, 0.3) is 0 Å². The standard InChI is InChI=1S/C27H34FN5O3/c1-30-18-26(35)32-23(14-19-8-12-24(34)13-9-19)16-31(22-4-2-3-5-22)17-25(32)33(30)27(36)29-15-20-6-10-21(28)11-7-20/h6-13,22-23,25,34H,2-5,14-18H2,1H3,(H,29,36)/t23-,25-/m0/s1. The molecule has 2 saturated heterocycles. The van der Waals surface area contributed by atoms with Gasteiger partial charge in [-0.3, -0.25) is 9.69 Å². The number of phenols is 1. The number of nitrogens with zero attached hydrogens (tertiary/aromatic N) is 4. The predicted octanol–water partition coefficient (Wildman–Crippen LogP) is 2.93. The molecule has 3 amide bonds. The van der Waals surface area contributed by atoms with Crippen molar-refractivity contribution in [3.63, 3.8) is 0 Å². The zero-order chi connectivity index (χ0) is 25.2. The lowest BCUT2D eigenvalue weighted by Crippen LogP contribution is -2.75. The summed E-state index contributed by atoms with van der Waals surface area (Å²) in [5.74, 6) is -0.0867. The Hall–Kier alpha value is -3.17. The SMILES string of the molecule is CN1CC(=O)N2[C@@H](Cc3ccc(O)cc3)CN(C3CCCC3)C[C@@H]2N1C(=O)NCc1ccc(F)cc1. The molecule has 2 aromatic carbocycles. The Morgan fingerprint density at radius 1 is 1.03 bits per heavy atom. The molecule has 0 unspecified atom stereocenters. The van der Waals surface area contributed by atoms with Gasteiger partial charge < -0.3 is 15.3 Å². The summed E-state index contributed by atoms with van der Waals surface area (Å²) in [5.41, 5.74) is 1.85. The van der Waals surface area contributed by atoms with Gasteiger partial charge in [0.1, 0.15) is 17.7 Å². The third-order valence-corrected chi connectivity index (χ3v) is 7.67. The van der Waals surface area contributed by atoms with Crippen molar-refractivity contribution in [2.24, 2.45) is 0 Å². The molecule has 9 heteroatoms. The normalized spacial score (nSPS) is 23.7. The van der Waals surface area contributed by atoms with E-state index in [0.29, 0.717) is 19.0 Å². The number of urea groups is 1. The van der Waals surface area contributed by atoms with Crippen LogP contribution in [0.2, 0.25) is 0 Å². The average molecular weight is 496 g/mol. The zero-order valence-corrected chi connectivity index (χ0v) is 20.6. The number of benzene rings is 2. The van der Waals surface area contributed by atoms with Gasteiger partial charge in [0.05, 0.1) is 12.6 Å². The number of carbonyl (C=O) groups excluding carboxylic acids is 2. The van der Waals surface area contributed by atoms with E-state index in [-0.39, 0.29) is 42.6 Å². The monoisotopic (exact) mass is 495 g/mol. The molecule has 192 valence electrons. The fourth-order valence-corrected chi connectivity index (χ4v) is 5.91. The number of hydrazine groups is 1. The van der Waals surface area contributed by atoms with Crippen LogP contribution in [0.4, 0.5) is 9.18 Å². The van der Waals surface area contributed by atoms with E-state index in [4.69, 9.17) is 0 Å². The maximum absolute atomic E-state index is 13.5. The average Bonchev–Trinajstić information content (AvgIpc) is 3.40. The van der Waals surface area contributed by atoms with Crippen molar-refractivity contribution in [3.05, 3.63) is 65.5 Å². The Kier molecular flexibility index (Phi) is 7.11. The van der Waals surface area contributed by atoms with E-state index in [1.807, 2.05) is 17.0 Å². The fraction of sp³-hybridized carbons (Fsp3) is 0.481. The van der Waals surface area contributed by atoms with E-state index in [0.717, 1.165) is 30.5 Å². The molecule has 2 heterocycles. The highest BCUT2D eigenvalue weighted by Gasteiger charge is 2.48. The summed E-state index contributed by atoms with van der Waals surface area (Å²) in [5, 5.41) is 16.0. The maximum Gasteiger partial charge on any atom is 0.334 e. The van der Waals surface area contributed by atoms with Crippen molar-refractivity contribution in [2.75, 3.05) is 26.7 Å². The van der Waals surface area contributed by atoms with Crippen molar-refractivity contribution in [1.29, 1.82) is 0 Å². The van der Waals surface area contributed by atoms with Gasteiger partial charge in [0.15, 0.2) is 0 Å². The molecule has 0 bridgehead atoms. The van der Waals surface area contributed by atoms with Crippen LogP contribution in [-0.4, -0.2) is 81.8 Å². The highest BCUT2D eigenvalue weighted by atomic mass is 19.1. The van der Waals surface area contributed by atoms with Gasteiger partial charge in [0, 0.05) is 32.7 Å². The lowest BCUT2D eigenvalue weighted by atomic mass is 9.98. The fourth-order valence-electron chi connectivity index (χ4n) is 5.91. The molecule has 2 N–H and O–H groups in total. The van der Waals surface area contributed by atoms with Crippen LogP contribution >= 0.6 is 0 Å². The summed E-state index contributed by atoms with van der Waals surface area (Å²) in [6.45, 7) is 1.77. The molecule has 0 spiro atoms. The molecule has 1 saturated carbocycles. The molecule has 0 radical (unpaired) electrons. The van der Waals surface area contributed by atoms with E-state index < -0.39 is 6.17 Å². The molecule has 5 rings (SSSR count). The Labute approximate surface area is 211 Å². The van der Waals surface area contributed by atoms with Crippen LogP contribution in [0.3, 0.4) is 0 Å². The summed E-state index contributed by atoms with van der Waals surface area (Å²) in [4.78, 5) is 31.2. The minimum Gasteiger partial charge on any atom is -0.508 e. The van der Waals surface area contributed by atoms with Gasteiger partial charge in [-0.25, -0.2) is 19.2 Å². The Bertz CT molecular complexity index is 1070. The summed E-state index contributed by atoms with van der Waals surface area (Å²) >= 11 is 0. The van der Waals surface area contributed by atoms with Gasteiger partial charge in [-0.2, -0.15) is 0 Å². The summed E-state index contributed by atoms with van der Waals surface area (Å²) in [6.07, 6.45) is 4.93. The van der Waals surface area contributed by atoms with Gasteiger partial charge in [-0.05, 0) is 54.7 Å². The maximum atomic E-state index is 13.5. The van der Waals surface area contributed by atoms with Crippen molar-refractivity contribution in [2.45, 2.75) is 56.9 Å². The molecule has 3 fully saturated rings. The quantitative estimate of drug-likeness (QED) is 0.667. The number of fused-ring (bicyclic) bond motifs is 1. The van der Waals surface area contributed by atoms with Gasteiger partial charge >= 0.3 is 6.03 Å². The van der Waals surface area contributed by atoms with E-state index >= 15 is 0 Å². The molecular formula is C27H34FN5O3. The van der Waals surface area contributed by atoms with Crippen molar-refractivity contribution < 1.29 is 19.1 Å².